The molecular formula is C18H20N4O. The highest BCUT2D eigenvalue weighted by Gasteiger charge is 2.11. The monoisotopic (exact) mass is 308 g/mol. The minimum atomic E-state index is -0.0802. The van der Waals surface area contributed by atoms with Crippen molar-refractivity contribution in [3.8, 4) is 11.3 Å². The third kappa shape index (κ3) is 3.10. The first-order chi connectivity index (χ1) is 11.1. The molecule has 3 rings (SSSR count). The van der Waals surface area contributed by atoms with Gasteiger partial charge in [0.05, 0.1) is 11.4 Å². The van der Waals surface area contributed by atoms with E-state index in [2.05, 4.69) is 36.5 Å². The summed E-state index contributed by atoms with van der Waals surface area (Å²) in [7, 11) is 0. The molecule has 0 bridgehead atoms. The van der Waals surface area contributed by atoms with E-state index in [0.717, 1.165) is 28.3 Å². The molecule has 0 aliphatic heterocycles. The van der Waals surface area contributed by atoms with Gasteiger partial charge in [-0.3, -0.25) is 4.79 Å². The van der Waals surface area contributed by atoms with Gasteiger partial charge >= 0.3 is 0 Å². The van der Waals surface area contributed by atoms with Crippen LogP contribution < -0.4 is 11.1 Å². The summed E-state index contributed by atoms with van der Waals surface area (Å²) >= 11 is 0. The number of carbonyl (C=O) groups is 1. The molecule has 5 nitrogen and oxygen atoms in total. The highest BCUT2D eigenvalue weighted by atomic mass is 16.1. The first kappa shape index (κ1) is 15.2. The zero-order chi connectivity index (χ0) is 16.4. The molecule has 5 heteroatoms. The predicted molar refractivity (Wildman–Crippen MR) is 92.4 cm³/mol. The molecule has 1 amide bonds. The third-order valence-electron chi connectivity index (χ3n) is 3.84. The van der Waals surface area contributed by atoms with E-state index in [1.807, 2.05) is 29.7 Å². The molecule has 0 aliphatic carbocycles. The van der Waals surface area contributed by atoms with Gasteiger partial charge in [-0.2, -0.15) is 0 Å². The largest absolute Gasteiger partial charge is 0.330 e. The number of imidazole rings is 1. The molecule has 118 valence electrons. The Morgan fingerprint density at radius 3 is 2.61 bits per heavy atom. The second kappa shape index (κ2) is 6.22. The van der Waals surface area contributed by atoms with Gasteiger partial charge in [0, 0.05) is 30.4 Å². The SMILES string of the molecule is Cc1ccc(-c2nc3ccc(NC(=O)CCN)cn3c2C)cc1. The number of benzene rings is 1. The number of hydrogen-bond acceptors (Lipinski definition) is 3. The van der Waals surface area contributed by atoms with E-state index in [-0.39, 0.29) is 5.91 Å². The molecule has 0 spiro atoms. The summed E-state index contributed by atoms with van der Waals surface area (Å²) < 4.78 is 1.99. The molecule has 0 unspecified atom stereocenters. The maximum Gasteiger partial charge on any atom is 0.225 e. The molecule has 3 N–H and O–H groups in total. The minimum Gasteiger partial charge on any atom is -0.330 e. The Kier molecular flexibility index (Phi) is 4.12. The normalized spacial score (nSPS) is 10.9. The van der Waals surface area contributed by atoms with E-state index in [1.54, 1.807) is 0 Å². The van der Waals surface area contributed by atoms with E-state index in [1.165, 1.54) is 5.56 Å². The van der Waals surface area contributed by atoms with Gasteiger partial charge in [-0.25, -0.2) is 4.98 Å². The molecule has 3 aromatic rings. The van der Waals surface area contributed by atoms with Crippen LogP contribution in [0.2, 0.25) is 0 Å². The van der Waals surface area contributed by atoms with Crippen LogP contribution in [-0.2, 0) is 4.79 Å². The Hall–Kier alpha value is -2.66. The van der Waals surface area contributed by atoms with Gasteiger partial charge in [0.25, 0.3) is 0 Å². The molecule has 0 saturated carbocycles. The van der Waals surface area contributed by atoms with Crippen molar-refractivity contribution in [2.45, 2.75) is 20.3 Å². The Labute approximate surface area is 135 Å². The summed E-state index contributed by atoms with van der Waals surface area (Å²) in [4.78, 5) is 16.4. The number of nitrogens with two attached hydrogens (primary N) is 1. The number of anilines is 1. The van der Waals surface area contributed by atoms with Crippen molar-refractivity contribution in [1.82, 2.24) is 9.38 Å². The van der Waals surface area contributed by atoms with Crippen LogP contribution >= 0.6 is 0 Å². The molecule has 0 atom stereocenters. The van der Waals surface area contributed by atoms with Crippen LogP contribution in [-0.4, -0.2) is 21.8 Å². The van der Waals surface area contributed by atoms with Gasteiger partial charge in [0.1, 0.15) is 5.65 Å². The third-order valence-corrected chi connectivity index (χ3v) is 3.84. The summed E-state index contributed by atoms with van der Waals surface area (Å²) in [5, 5.41) is 2.85. The van der Waals surface area contributed by atoms with Crippen molar-refractivity contribution in [2.75, 3.05) is 11.9 Å². The average Bonchev–Trinajstić information content (AvgIpc) is 2.85. The van der Waals surface area contributed by atoms with Gasteiger partial charge in [0.2, 0.25) is 5.91 Å². The first-order valence-electron chi connectivity index (χ1n) is 7.64. The lowest BCUT2D eigenvalue weighted by molar-refractivity contribution is -0.116. The van der Waals surface area contributed by atoms with E-state index in [9.17, 15) is 4.79 Å². The quantitative estimate of drug-likeness (QED) is 0.778. The van der Waals surface area contributed by atoms with Crippen LogP contribution in [0.4, 0.5) is 5.69 Å². The maximum atomic E-state index is 11.7. The van der Waals surface area contributed by atoms with Crippen molar-refractivity contribution in [3.05, 3.63) is 53.9 Å². The number of amides is 1. The zero-order valence-electron chi connectivity index (χ0n) is 13.3. The first-order valence-corrected chi connectivity index (χ1v) is 7.64. The van der Waals surface area contributed by atoms with Crippen LogP contribution in [0.1, 0.15) is 17.7 Å². The molecule has 0 fully saturated rings. The van der Waals surface area contributed by atoms with Crippen molar-refractivity contribution in [3.63, 3.8) is 0 Å². The molecule has 2 aromatic heterocycles. The molecule has 0 saturated heterocycles. The Bertz CT molecular complexity index is 849. The molecular weight excluding hydrogens is 288 g/mol. The molecule has 0 radical (unpaired) electrons. The van der Waals surface area contributed by atoms with Crippen LogP contribution in [0.3, 0.4) is 0 Å². The lowest BCUT2D eigenvalue weighted by Crippen LogP contribution is -2.16. The van der Waals surface area contributed by atoms with Crippen molar-refractivity contribution < 1.29 is 4.79 Å². The minimum absolute atomic E-state index is 0.0802. The van der Waals surface area contributed by atoms with Crippen LogP contribution in [0.5, 0.6) is 0 Å². The summed E-state index contributed by atoms with van der Waals surface area (Å²) in [6.07, 6.45) is 2.21. The van der Waals surface area contributed by atoms with E-state index < -0.39 is 0 Å². The molecule has 2 heterocycles. The second-order valence-electron chi connectivity index (χ2n) is 5.64. The fourth-order valence-electron chi connectivity index (χ4n) is 2.58. The average molecular weight is 308 g/mol. The van der Waals surface area contributed by atoms with Gasteiger partial charge in [0.15, 0.2) is 0 Å². The highest BCUT2D eigenvalue weighted by molar-refractivity contribution is 5.90. The maximum absolute atomic E-state index is 11.7. The summed E-state index contributed by atoms with van der Waals surface area (Å²) in [5.74, 6) is -0.0802. The van der Waals surface area contributed by atoms with E-state index in [0.29, 0.717) is 13.0 Å². The Balaban J connectivity index is 1.98. The Morgan fingerprint density at radius 1 is 1.17 bits per heavy atom. The van der Waals surface area contributed by atoms with Crippen molar-refractivity contribution >= 4 is 17.2 Å². The lowest BCUT2D eigenvalue weighted by Gasteiger charge is -2.05. The summed E-state index contributed by atoms with van der Waals surface area (Å²) in [6, 6.07) is 12.1. The zero-order valence-corrected chi connectivity index (χ0v) is 13.3. The fraction of sp³-hybridized carbons (Fsp3) is 0.222. The number of nitrogens with one attached hydrogen (secondary N) is 1. The fourth-order valence-corrected chi connectivity index (χ4v) is 2.58. The van der Waals surface area contributed by atoms with Gasteiger partial charge in [-0.1, -0.05) is 29.8 Å². The van der Waals surface area contributed by atoms with Crippen molar-refractivity contribution in [2.24, 2.45) is 5.73 Å². The van der Waals surface area contributed by atoms with E-state index >= 15 is 0 Å². The topological polar surface area (TPSA) is 72.4 Å². The molecule has 0 aliphatic rings. The van der Waals surface area contributed by atoms with E-state index in [4.69, 9.17) is 10.7 Å². The number of nitrogens with zero attached hydrogens (tertiary/aromatic N) is 2. The van der Waals surface area contributed by atoms with Gasteiger partial charge < -0.3 is 15.5 Å². The van der Waals surface area contributed by atoms with Crippen molar-refractivity contribution in [1.29, 1.82) is 0 Å². The second-order valence-corrected chi connectivity index (χ2v) is 5.64. The number of aromatic nitrogens is 2. The number of carbonyl (C=O) groups excluding carboxylic acids is 1. The number of pyridine rings is 1. The number of fused-ring (bicyclic) bond motifs is 1. The number of rotatable bonds is 4. The summed E-state index contributed by atoms with van der Waals surface area (Å²) in [6.45, 7) is 4.44. The van der Waals surface area contributed by atoms with Crippen LogP contribution in [0, 0.1) is 13.8 Å². The predicted octanol–water partition coefficient (Wildman–Crippen LogP) is 2.91. The molecule has 1 aromatic carbocycles. The van der Waals surface area contributed by atoms with Crippen LogP contribution in [0.25, 0.3) is 16.9 Å². The standard InChI is InChI=1S/C18H20N4O/c1-12-3-5-14(6-4-12)18-13(2)22-11-15(7-8-16(22)21-18)20-17(23)9-10-19/h3-8,11H,9-10,19H2,1-2H3,(H,20,23). The smallest absolute Gasteiger partial charge is 0.225 e. The number of aryl methyl sites for hydroxylation is 2. The van der Waals surface area contributed by atoms with Gasteiger partial charge in [-0.05, 0) is 26.0 Å². The highest BCUT2D eigenvalue weighted by Crippen LogP contribution is 2.25. The Morgan fingerprint density at radius 2 is 1.91 bits per heavy atom. The lowest BCUT2D eigenvalue weighted by atomic mass is 10.1. The summed E-state index contributed by atoms with van der Waals surface area (Å²) in [5.41, 5.74) is 11.3. The number of hydrogen-bond donors (Lipinski definition) is 2. The van der Waals surface area contributed by atoms with Gasteiger partial charge in [-0.15, -0.1) is 0 Å². The molecule has 23 heavy (non-hydrogen) atoms. The van der Waals surface area contributed by atoms with Crippen LogP contribution in [0.15, 0.2) is 42.6 Å².